The van der Waals surface area contributed by atoms with E-state index in [1.165, 1.54) is 5.56 Å². The van der Waals surface area contributed by atoms with E-state index in [4.69, 9.17) is 4.74 Å². The van der Waals surface area contributed by atoms with Gasteiger partial charge in [-0.3, -0.25) is 9.59 Å². The van der Waals surface area contributed by atoms with Crippen molar-refractivity contribution < 1.29 is 14.3 Å². The van der Waals surface area contributed by atoms with Crippen molar-refractivity contribution >= 4 is 23.2 Å². The van der Waals surface area contributed by atoms with Crippen molar-refractivity contribution in [1.82, 2.24) is 0 Å². The quantitative estimate of drug-likeness (QED) is 0.908. The number of benzene rings is 2. The lowest BCUT2D eigenvalue weighted by Crippen LogP contribution is -2.44. The van der Waals surface area contributed by atoms with E-state index in [0.29, 0.717) is 23.7 Å². The Kier molecular flexibility index (Phi) is 4.98. The number of hydrogen-bond donors (Lipinski definition) is 1. The van der Waals surface area contributed by atoms with Crippen LogP contribution >= 0.6 is 0 Å². The lowest BCUT2D eigenvalue weighted by Gasteiger charge is -2.33. The lowest BCUT2D eigenvalue weighted by molar-refractivity contribution is -0.125. The van der Waals surface area contributed by atoms with Crippen LogP contribution in [0.4, 0.5) is 11.4 Å². The average Bonchev–Trinajstić information content (AvgIpc) is 2.61. The monoisotopic (exact) mass is 352 g/mol. The first-order valence-corrected chi connectivity index (χ1v) is 8.83. The molecule has 0 spiro atoms. The molecule has 1 atom stereocenters. The van der Waals surface area contributed by atoms with Crippen LogP contribution in [0.5, 0.6) is 5.75 Å². The van der Waals surface area contributed by atoms with E-state index in [1.54, 1.807) is 30.0 Å². The van der Waals surface area contributed by atoms with Crippen LogP contribution < -0.4 is 15.0 Å². The molecule has 5 nitrogen and oxygen atoms in total. The Hall–Kier alpha value is -2.82. The van der Waals surface area contributed by atoms with Gasteiger partial charge in [0.1, 0.15) is 5.75 Å². The minimum Gasteiger partial charge on any atom is -0.479 e. The second-order valence-corrected chi connectivity index (χ2v) is 7.00. The molecule has 1 N–H and O–H groups in total. The predicted octanol–water partition coefficient (Wildman–Crippen LogP) is 3.90. The van der Waals surface area contributed by atoms with Crippen molar-refractivity contribution in [3.8, 4) is 5.75 Å². The summed E-state index contributed by atoms with van der Waals surface area (Å²) in [6.45, 7) is 7.92. The largest absolute Gasteiger partial charge is 0.479 e. The zero-order valence-electron chi connectivity index (χ0n) is 15.6. The molecule has 0 saturated heterocycles. The molecule has 1 aliphatic rings. The van der Waals surface area contributed by atoms with Crippen LogP contribution in [0.15, 0.2) is 42.5 Å². The predicted molar refractivity (Wildman–Crippen MR) is 102 cm³/mol. The molecule has 0 fully saturated rings. The van der Waals surface area contributed by atoms with Gasteiger partial charge in [0.2, 0.25) is 5.91 Å². The summed E-state index contributed by atoms with van der Waals surface area (Å²) in [6, 6.07) is 13.5. The summed E-state index contributed by atoms with van der Waals surface area (Å²) in [7, 11) is 0. The van der Waals surface area contributed by atoms with Crippen molar-refractivity contribution in [3.63, 3.8) is 0 Å². The van der Waals surface area contributed by atoms with Gasteiger partial charge >= 0.3 is 0 Å². The number of ether oxygens (including phenoxy) is 1. The summed E-state index contributed by atoms with van der Waals surface area (Å²) in [5, 5.41) is 2.88. The van der Waals surface area contributed by atoms with Crippen LogP contribution in [0.1, 0.15) is 31.9 Å². The zero-order chi connectivity index (χ0) is 18.8. The molecule has 1 aliphatic heterocycles. The molecule has 2 aromatic rings. The number of aryl methyl sites for hydroxylation is 1. The highest BCUT2D eigenvalue weighted by Gasteiger charge is 2.31. The maximum Gasteiger partial charge on any atom is 0.268 e. The fraction of sp³-hybridized carbons (Fsp3) is 0.333. The normalized spacial score (nSPS) is 16.3. The number of anilines is 2. The van der Waals surface area contributed by atoms with Crippen LogP contribution in [-0.2, 0) is 16.1 Å². The van der Waals surface area contributed by atoms with Crippen molar-refractivity contribution in [2.24, 2.45) is 5.92 Å². The molecule has 1 heterocycles. The van der Waals surface area contributed by atoms with Gasteiger partial charge in [0.05, 0.1) is 12.2 Å². The Bertz CT molecular complexity index is 828. The molecule has 0 bridgehead atoms. The van der Waals surface area contributed by atoms with E-state index in [-0.39, 0.29) is 17.7 Å². The molecule has 3 rings (SSSR count). The molecule has 0 saturated carbocycles. The lowest BCUT2D eigenvalue weighted by atomic mass is 10.1. The highest BCUT2D eigenvalue weighted by atomic mass is 16.5. The first-order valence-electron chi connectivity index (χ1n) is 8.83. The average molecular weight is 352 g/mol. The van der Waals surface area contributed by atoms with Crippen LogP contribution in [0.3, 0.4) is 0 Å². The maximum absolute atomic E-state index is 12.7. The molecule has 0 aliphatic carbocycles. The smallest absolute Gasteiger partial charge is 0.268 e. The summed E-state index contributed by atoms with van der Waals surface area (Å²) in [5.74, 6) is 0.372. The van der Waals surface area contributed by atoms with E-state index >= 15 is 0 Å². The second kappa shape index (κ2) is 7.20. The third kappa shape index (κ3) is 3.72. The van der Waals surface area contributed by atoms with Crippen LogP contribution in [0.25, 0.3) is 0 Å². The first kappa shape index (κ1) is 18.0. The fourth-order valence-corrected chi connectivity index (χ4v) is 2.81. The molecule has 26 heavy (non-hydrogen) atoms. The number of hydrogen-bond acceptors (Lipinski definition) is 3. The van der Waals surface area contributed by atoms with Gasteiger partial charge in [0.15, 0.2) is 6.10 Å². The fourth-order valence-electron chi connectivity index (χ4n) is 2.81. The number of rotatable bonds is 4. The summed E-state index contributed by atoms with van der Waals surface area (Å²) in [6.07, 6.45) is -0.538. The van der Waals surface area contributed by atoms with Gasteiger partial charge in [-0.25, -0.2) is 0 Å². The Morgan fingerprint density at radius 3 is 2.54 bits per heavy atom. The van der Waals surface area contributed by atoms with Gasteiger partial charge in [-0.05, 0) is 37.6 Å². The maximum atomic E-state index is 12.7. The molecule has 5 heteroatoms. The number of carbonyl (C=O) groups excluding carboxylic acids is 2. The second-order valence-electron chi connectivity index (χ2n) is 7.00. The Morgan fingerprint density at radius 2 is 1.88 bits per heavy atom. The van der Waals surface area contributed by atoms with Crippen molar-refractivity contribution in [1.29, 1.82) is 0 Å². The van der Waals surface area contributed by atoms with Crippen LogP contribution in [0, 0.1) is 12.8 Å². The topological polar surface area (TPSA) is 58.6 Å². The summed E-state index contributed by atoms with van der Waals surface area (Å²) < 4.78 is 5.73. The number of carbonyl (C=O) groups is 2. The molecular weight excluding hydrogens is 328 g/mol. The number of nitrogens with one attached hydrogen (secondary N) is 1. The first-order chi connectivity index (χ1) is 12.3. The summed E-state index contributed by atoms with van der Waals surface area (Å²) in [4.78, 5) is 26.4. The number of amides is 2. The van der Waals surface area contributed by atoms with Gasteiger partial charge < -0.3 is 15.0 Å². The van der Waals surface area contributed by atoms with Crippen molar-refractivity contribution in [2.45, 2.75) is 40.3 Å². The van der Waals surface area contributed by atoms with Crippen molar-refractivity contribution in [2.75, 3.05) is 10.2 Å². The molecule has 2 aromatic carbocycles. The minimum atomic E-state index is -0.538. The van der Waals surface area contributed by atoms with Gasteiger partial charge in [-0.2, -0.15) is 0 Å². The van der Waals surface area contributed by atoms with E-state index < -0.39 is 6.10 Å². The zero-order valence-corrected chi connectivity index (χ0v) is 15.6. The highest BCUT2D eigenvalue weighted by Crippen LogP contribution is 2.37. The minimum absolute atomic E-state index is 0.0635. The highest BCUT2D eigenvalue weighted by molar-refractivity contribution is 6.01. The Morgan fingerprint density at radius 1 is 1.19 bits per heavy atom. The van der Waals surface area contributed by atoms with E-state index in [2.05, 4.69) is 5.32 Å². The summed E-state index contributed by atoms with van der Waals surface area (Å²) in [5.41, 5.74) is 3.55. The Labute approximate surface area is 154 Å². The third-order valence-corrected chi connectivity index (χ3v) is 4.42. The van der Waals surface area contributed by atoms with Gasteiger partial charge in [-0.15, -0.1) is 0 Å². The van der Waals surface area contributed by atoms with E-state index in [1.807, 2.05) is 45.0 Å². The Balaban J connectivity index is 1.93. The van der Waals surface area contributed by atoms with Gasteiger partial charge in [0.25, 0.3) is 5.91 Å². The SMILES string of the molecule is Cc1ccc(CN2C(=O)C(C)Oc3ccc(NC(=O)C(C)C)cc32)cc1. The number of fused-ring (bicyclic) bond motifs is 1. The molecule has 136 valence electrons. The van der Waals surface area contributed by atoms with E-state index in [9.17, 15) is 9.59 Å². The molecule has 0 aromatic heterocycles. The molecule has 1 unspecified atom stereocenters. The molecule has 0 radical (unpaired) electrons. The molecular formula is C21H24N2O3. The van der Waals surface area contributed by atoms with Gasteiger partial charge in [0, 0.05) is 11.6 Å². The molecule has 2 amide bonds. The van der Waals surface area contributed by atoms with Gasteiger partial charge in [-0.1, -0.05) is 43.7 Å². The third-order valence-electron chi connectivity index (χ3n) is 4.42. The standard InChI is InChI=1S/C21H24N2O3/c1-13(2)20(24)22-17-9-10-19-18(11-17)23(21(25)15(4)26-19)12-16-7-5-14(3)6-8-16/h5-11,13,15H,12H2,1-4H3,(H,22,24). The number of nitrogens with zero attached hydrogens (tertiary/aromatic N) is 1. The summed E-state index contributed by atoms with van der Waals surface area (Å²) >= 11 is 0. The van der Waals surface area contributed by atoms with Crippen molar-refractivity contribution in [3.05, 3.63) is 53.6 Å². The van der Waals surface area contributed by atoms with Crippen LogP contribution in [-0.4, -0.2) is 17.9 Å². The van der Waals surface area contributed by atoms with E-state index in [0.717, 1.165) is 5.56 Å². The van der Waals surface area contributed by atoms with Crippen LogP contribution in [0.2, 0.25) is 0 Å².